The first-order chi connectivity index (χ1) is 8.06. The summed E-state index contributed by atoms with van der Waals surface area (Å²) in [5.41, 5.74) is 0. The zero-order chi connectivity index (χ0) is 12.4. The molecule has 0 radical (unpaired) electrons. The summed E-state index contributed by atoms with van der Waals surface area (Å²) in [7, 11) is 0. The standard InChI is InChI=1S/C14H22O3/c1-9(2)11-6-10(3)7-12(8-11)17-13-4-5-16-14(13)15/h4,9-12H,5-8H2,1-3H3. The number of hydrogen-bond acceptors (Lipinski definition) is 3. The van der Waals surface area contributed by atoms with Gasteiger partial charge in [0, 0.05) is 6.08 Å². The van der Waals surface area contributed by atoms with Gasteiger partial charge in [0.1, 0.15) is 6.61 Å². The van der Waals surface area contributed by atoms with Gasteiger partial charge in [-0.25, -0.2) is 4.79 Å². The van der Waals surface area contributed by atoms with Crippen molar-refractivity contribution < 1.29 is 14.3 Å². The molecule has 3 nitrogen and oxygen atoms in total. The monoisotopic (exact) mass is 238 g/mol. The summed E-state index contributed by atoms with van der Waals surface area (Å²) in [6, 6.07) is 0. The van der Waals surface area contributed by atoms with E-state index in [-0.39, 0.29) is 12.1 Å². The van der Waals surface area contributed by atoms with E-state index in [9.17, 15) is 4.79 Å². The second-order valence-corrected chi connectivity index (χ2v) is 5.72. The lowest BCUT2D eigenvalue weighted by atomic mass is 9.75. The second kappa shape index (κ2) is 5.11. The lowest BCUT2D eigenvalue weighted by Gasteiger charge is -2.35. The maximum absolute atomic E-state index is 11.3. The van der Waals surface area contributed by atoms with Crippen molar-refractivity contribution in [2.24, 2.45) is 17.8 Å². The Bertz CT molecular complexity index is 319. The van der Waals surface area contributed by atoms with Gasteiger partial charge in [0.2, 0.25) is 5.76 Å². The lowest BCUT2D eigenvalue weighted by Crippen LogP contribution is -2.30. The summed E-state index contributed by atoms with van der Waals surface area (Å²) in [5, 5.41) is 0. The molecule has 1 aliphatic carbocycles. The zero-order valence-electron chi connectivity index (χ0n) is 10.9. The van der Waals surface area contributed by atoms with Gasteiger partial charge < -0.3 is 9.47 Å². The van der Waals surface area contributed by atoms with Gasteiger partial charge in [-0.05, 0) is 37.0 Å². The van der Waals surface area contributed by atoms with E-state index in [0.717, 1.165) is 12.8 Å². The number of hydrogen-bond donors (Lipinski definition) is 0. The Hall–Kier alpha value is -0.990. The predicted octanol–water partition coefficient (Wildman–Crippen LogP) is 2.90. The molecule has 0 saturated heterocycles. The quantitative estimate of drug-likeness (QED) is 0.709. The van der Waals surface area contributed by atoms with Crippen LogP contribution < -0.4 is 0 Å². The molecule has 3 heteroatoms. The normalized spacial score (nSPS) is 33.5. The number of esters is 1. The Morgan fingerprint density at radius 2 is 2.12 bits per heavy atom. The highest BCUT2D eigenvalue weighted by atomic mass is 16.6. The molecule has 0 N–H and O–H groups in total. The van der Waals surface area contributed by atoms with Crippen LogP contribution in [-0.2, 0) is 14.3 Å². The Morgan fingerprint density at radius 3 is 2.71 bits per heavy atom. The highest BCUT2D eigenvalue weighted by Gasteiger charge is 2.31. The molecule has 17 heavy (non-hydrogen) atoms. The molecule has 0 amide bonds. The topological polar surface area (TPSA) is 35.5 Å². The van der Waals surface area contributed by atoms with Gasteiger partial charge in [0.15, 0.2) is 0 Å². The fourth-order valence-corrected chi connectivity index (χ4v) is 2.86. The molecule has 0 spiro atoms. The van der Waals surface area contributed by atoms with Crippen molar-refractivity contribution >= 4 is 5.97 Å². The fourth-order valence-electron chi connectivity index (χ4n) is 2.86. The largest absolute Gasteiger partial charge is 0.483 e. The molecule has 1 fully saturated rings. The number of cyclic esters (lactones) is 1. The molecule has 0 bridgehead atoms. The van der Waals surface area contributed by atoms with Crippen LogP contribution in [0.3, 0.4) is 0 Å². The predicted molar refractivity (Wildman–Crippen MR) is 65.3 cm³/mol. The van der Waals surface area contributed by atoms with Crippen molar-refractivity contribution in [2.75, 3.05) is 6.61 Å². The van der Waals surface area contributed by atoms with Crippen molar-refractivity contribution in [3.63, 3.8) is 0 Å². The van der Waals surface area contributed by atoms with E-state index in [0.29, 0.717) is 30.1 Å². The molecule has 2 rings (SSSR count). The van der Waals surface area contributed by atoms with E-state index in [2.05, 4.69) is 20.8 Å². The first-order valence-corrected chi connectivity index (χ1v) is 6.60. The highest BCUT2D eigenvalue weighted by Crippen LogP contribution is 2.36. The van der Waals surface area contributed by atoms with E-state index in [4.69, 9.17) is 9.47 Å². The molecular formula is C14H22O3. The van der Waals surface area contributed by atoms with E-state index >= 15 is 0 Å². The maximum Gasteiger partial charge on any atom is 0.373 e. The molecule has 1 aliphatic heterocycles. The van der Waals surface area contributed by atoms with Crippen molar-refractivity contribution in [3.8, 4) is 0 Å². The van der Waals surface area contributed by atoms with E-state index in [1.807, 2.05) is 0 Å². The van der Waals surface area contributed by atoms with Gasteiger partial charge >= 0.3 is 5.97 Å². The van der Waals surface area contributed by atoms with Crippen molar-refractivity contribution in [2.45, 2.75) is 46.1 Å². The smallest absolute Gasteiger partial charge is 0.373 e. The van der Waals surface area contributed by atoms with Gasteiger partial charge in [-0.1, -0.05) is 20.8 Å². The SMILES string of the molecule is CC1CC(OC2=CCOC2=O)CC(C(C)C)C1. The average molecular weight is 238 g/mol. The first-order valence-electron chi connectivity index (χ1n) is 6.60. The van der Waals surface area contributed by atoms with Gasteiger partial charge in [0.25, 0.3) is 0 Å². The molecule has 3 unspecified atom stereocenters. The summed E-state index contributed by atoms with van der Waals surface area (Å²) in [5.74, 6) is 2.20. The number of carbonyl (C=O) groups is 1. The summed E-state index contributed by atoms with van der Waals surface area (Å²) in [6.45, 7) is 7.17. The van der Waals surface area contributed by atoms with Crippen LogP contribution in [0, 0.1) is 17.8 Å². The minimum Gasteiger partial charge on any atom is -0.483 e. The maximum atomic E-state index is 11.3. The van der Waals surface area contributed by atoms with Crippen molar-refractivity contribution in [1.82, 2.24) is 0 Å². The van der Waals surface area contributed by atoms with Crippen LogP contribution in [0.2, 0.25) is 0 Å². The molecule has 2 aliphatic rings. The second-order valence-electron chi connectivity index (χ2n) is 5.72. The van der Waals surface area contributed by atoms with Crippen LogP contribution in [0.1, 0.15) is 40.0 Å². The number of rotatable bonds is 3. The molecule has 96 valence electrons. The van der Waals surface area contributed by atoms with E-state index < -0.39 is 0 Å². The summed E-state index contributed by atoms with van der Waals surface area (Å²) in [4.78, 5) is 11.3. The third-order valence-electron chi connectivity index (χ3n) is 3.86. The molecular weight excluding hydrogens is 216 g/mol. The average Bonchev–Trinajstić information content (AvgIpc) is 2.63. The van der Waals surface area contributed by atoms with Gasteiger partial charge in [-0.15, -0.1) is 0 Å². The van der Waals surface area contributed by atoms with Crippen LogP contribution in [0.4, 0.5) is 0 Å². The Kier molecular flexibility index (Phi) is 3.75. The van der Waals surface area contributed by atoms with Crippen LogP contribution >= 0.6 is 0 Å². The number of ether oxygens (including phenoxy) is 2. The first kappa shape index (κ1) is 12.5. The van der Waals surface area contributed by atoms with Crippen molar-refractivity contribution in [3.05, 3.63) is 11.8 Å². The van der Waals surface area contributed by atoms with Gasteiger partial charge in [-0.3, -0.25) is 0 Å². The van der Waals surface area contributed by atoms with Crippen molar-refractivity contribution in [1.29, 1.82) is 0 Å². The van der Waals surface area contributed by atoms with Gasteiger partial charge in [-0.2, -0.15) is 0 Å². The third-order valence-corrected chi connectivity index (χ3v) is 3.86. The van der Waals surface area contributed by atoms with Crippen LogP contribution in [0.15, 0.2) is 11.8 Å². The minimum atomic E-state index is -0.302. The summed E-state index contributed by atoms with van der Waals surface area (Å²) in [6.07, 6.45) is 5.32. The Balaban J connectivity index is 1.94. The lowest BCUT2D eigenvalue weighted by molar-refractivity contribution is -0.141. The molecule has 1 saturated carbocycles. The summed E-state index contributed by atoms with van der Waals surface area (Å²) >= 11 is 0. The minimum absolute atomic E-state index is 0.183. The van der Waals surface area contributed by atoms with Gasteiger partial charge in [0.05, 0.1) is 6.10 Å². The third kappa shape index (κ3) is 3.02. The Labute approximate surface area is 103 Å². The Morgan fingerprint density at radius 1 is 1.35 bits per heavy atom. The molecule has 0 aromatic carbocycles. The number of carbonyl (C=O) groups excluding carboxylic acids is 1. The molecule has 1 heterocycles. The molecule has 0 aromatic rings. The fraction of sp³-hybridized carbons (Fsp3) is 0.786. The zero-order valence-corrected chi connectivity index (χ0v) is 10.9. The highest BCUT2D eigenvalue weighted by molar-refractivity contribution is 5.88. The van der Waals surface area contributed by atoms with E-state index in [1.54, 1.807) is 6.08 Å². The van der Waals surface area contributed by atoms with E-state index in [1.165, 1.54) is 6.42 Å². The molecule has 0 aromatic heterocycles. The molecule has 3 atom stereocenters. The summed E-state index contributed by atoms with van der Waals surface area (Å²) < 4.78 is 10.7. The van der Waals surface area contributed by atoms with Crippen LogP contribution in [0.25, 0.3) is 0 Å². The van der Waals surface area contributed by atoms with Crippen LogP contribution in [0.5, 0.6) is 0 Å². The van der Waals surface area contributed by atoms with Crippen LogP contribution in [-0.4, -0.2) is 18.7 Å².